The van der Waals surface area contributed by atoms with Crippen LogP contribution in [-0.2, 0) is 9.53 Å². The number of ether oxygens (including phenoxy) is 1. The molecule has 2 amide bonds. The fourth-order valence-corrected chi connectivity index (χ4v) is 4.65. The smallest absolute Gasteiger partial charge is 0.341 e. The van der Waals surface area contributed by atoms with Crippen LogP contribution >= 0.6 is 34.5 Å². The minimum absolute atomic E-state index is 0.178. The molecule has 0 saturated carbocycles. The Kier molecular flexibility index (Phi) is 9.31. The predicted octanol–water partition coefficient (Wildman–Crippen LogP) is 6.06. The number of carbonyl (C=O) groups excluding carboxylic acids is 3. The van der Waals surface area contributed by atoms with Gasteiger partial charge in [0.05, 0.1) is 16.5 Å². The van der Waals surface area contributed by atoms with Crippen molar-refractivity contribution in [1.29, 1.82) is 0 Å². The molecule has 0 fully saturated rings. The Morgan fingerprint density at radius 1 is 1.16 bits per heavy atom. The van der Waals surface area contributed by atoms with E-state index in [1.165, 1.54) is 12.2 Å². The summed E-state index contributed by atoms with van der Waals surface area (Å²) in [5.41, 5.74) is 1.16. The van der Waals surface area contributed by atoms with Gasteiger partial charge in [0.15, 0.2) is 0 Å². The molecule has 0 unspecified atom stereocenters. The normalized spacial score (nSPS) is 11.1. The van der Waals surface area contributed by atoms with Gasteiger partial charge in [-0.25, -0.2) is 4.79 Å². The summed E-state index contributed by atoms with van der Waals surface area (Å²) in [6.45, 7) is 9.96. The lowest BCUT2D eigenvalue weighted by atomic mass is 10.1. The van der Waals surface area contributed by atoms with Crippen molar-refractivity contribution in [3.8, 4) is 0 Å². The van der Waals surface area contributed by atoms with E-state index in [2.05, 4.69) is 5.32 Å². The highest BCUT2D eigenvalue weighted by Crippen LogP contribution is 2.35. The van der Waals surface area contributed by atoms with Crippen molar-refractivity contribution in [2.45, 2.75) is 40.7 Å². The molecule has 0 aliphatic rings. The zero-order valence-electron chi connectivity index (χ0n) is 18.6. The number of anilines is 1. The summed E-state index contributed by atoms with van der Waals surface area (Å²) in [4.78, 5) is 40.3. The number of hydrogen-bond donors (Lipinski definition) is 1. The molecule has 1 aromatic heterocycles. The molecular weight excluding hydrogens is 471 g/mol. The number of benzene rings is 1. The molecule has 2 rings (SSSR count). The van der Waals surface area contributed by atoms with Crippen LogP contribution < -0.4 is 5.32 Å². The second kappa shape index (κ2) is 11.5. The van der Waals surface area contributed by atoms with Crippen LogP contribution in [0.3, 0.4) is 0 Å². The summed E-state index contributed by atoms with van der Waals surface area (Å²) in [6, 6.07) is 5.04. The lowest BCUT2D eigenvalue weighted by molar-refractivity contribution is -0.111. The maximum atomic E-state index is 12.9. The molecule has 9 heteroatoms. The van der Waals surface area contributed by atoms with E-state index in [9.17, 15) is 14.4 Å². The molecule has 0 aliphatic heterocycles. The van der Waals surface area contributed by atoms with E-state index in [0.717, 1.165) is 11.3 Å². The Bertz CT molecular complexity index is 1020. The zero-order valence-corrected chi connectivity index (χ0v) is 21.0. The third-order valence-corrected chi connectivity index (χ3v) is 6.43. The van der Waals surface area contributed by atoms with Gasteiger partial charge in [-0.05, 0) is 58.4 Å². The van der Waals surface area contributed by atoms with Crippen molar-refractivity contribution >= 4 is 63.4 Å². The first-order valence-corrected chi connectivity index (χ1v) is 11.7. The van der Waals surface area contributed by atoms with Gasteiger partial charge in [0.2, 0.25) is 5.91 Å². The first-order valence-electron chi connectivity index (χ1n) is 10.2. The highest BCUT2D eigenvalue weighted by atomic mass is 35.5. The molecule has 1 heterocycles. The average molecular weight is 497 g/mol. The minimum atomic E-state index is -0.597. The SMILES string of the molecule is CCN(CC)C(=O)c1sc(NC(=O)C=Cc2c(Cl)cccc2Cl)c(C(=O)OC(C)C)c1C. The van der Waals surface area contributed by atoms with Gasteiger partial charge in [0, 0.05) is 34.8 Å². The van der Waals surface area contributed by atoms with Gasteiger partial charge < -0.3 is 15.0 Å². The molecule has 0 radical (unpaired) electrons. The van der Waals surface area contributed by atoms with Crippen LogP contribution in [0.15, 0.2) is 24.3 Å². The molecule has 0 saturated heterocycles. The Morgan fingerprint density at radius 3 is 2.28 bits per heavy atom. The number of amides is 2. The summed E-state index contributed by atoms with van der Waals surface area (Å²) in [7, 11) is 0. The third-order valence-electron chi connectivity index (χ3n) is 4.58. The van der Waals surface area contributed by atoms with Crippen LogP contribution in [0.2, 0.25) is 10.0 Å². The number of nitrogens with zero attached hydrogens (tertiary/aromatic N) is 1. The Hall–Kier alpha value is -2.35. The second-order valence-corrected chi connectivity index (χ2v) is 8.98. The lowest BCUT2D eigenvalue weighted by Crippen LogP contribution is -2.30. The van der Waals surface area contributed by atoms with E-state index in [4.69, 9.17) is 27.9 Å². The summed E-state index contributed by atoms with van der Waals surface area (Å²) < 4.78 is 5.34. The van der Waals surface area contributed by atoms with Gasteiger partial charge in [-0.15, -0.1) is 11.3 Å². The fraction of sp³-hybridized carbons (Fsp3) is 0.348. The Balaban J connectivity index is 2.41. The third kappa shape index (κ3) is 6.12. The summed E-state index contributed by atoms with van der Waals surface area (Å²) in [6.07, 6.45) is 2.41. The molecule has 32 heavy (non-hydrogen) atoms. The van der Waals surface area contributed by atoms with E-state index in [1.807, 2.05) is 13.8 Å². The van der Waals surface area contributed by atoms with Gasteiger partial charge >= 0.3 is 5.97 Å². The fourth-order valence-electron chi connectivity index (χ4n) is 2.96. The molecule has 6 nitrogen and oxygen atoms in total. The quantitative estimate of drug-likeness (QED) is 0.355. The van der Waals surface area contributed by atoms with Crippen molar-refractivity contribution in [1.82, 2.24) is 4.90 Å². The standard InChI is InChI=1S/C23H26Cl2N2O4S/c1-6-27(7-2)22(29)20-14(5)19(23(30)31-13(3)4)21(32-20)26-18(28)12-11-15-16(24)9-8-10-17(15)25/h8-13H,6-7H2,1-5H3,(H,26,28). The molecule has 172 valence electrons. The molecule has 0 bridgehead atoms. The van der Waals surface area contributed by atoms with Crippen LogP contribution in [0.4, 0.5) is 5.00 Å². The molecular formula is C23H26Cl2N2O4S. The molecule has 2 aromatic rings. The number of thiophene rings is 1. The Labute approximate surface area is 202 Å². The maximum Gasteiger partial charge on any atom is 0.341 e. The van der Waals surface area contributed by atoms with E-state index in [0.29, 0.717) is 39.1 Å². The number of halogens is 2. The first kappa shape index (κ1) is 25.9. The predicted molar refractivity (Wildman–Crippen MR) is 131 cm³/mol. The van der Waals surface area contributed by atoms with Gasteiger partial charge in [-0.3, -0.25) is 9.59 Å². The number of nitrogens with one attached hydrogen (secondary N) is 1. The van der Waals surface area contributed by atoms with E-state index >= 15 is 0 Å². The topological polar surface area (TPSA) is 75.7 Å². The van der Waals surface area contributed by atoms with Crippen molar-refractivity contribution < 1.29 is 19.1 Å². The highest BCUT2D eigenvalue weighted by Gasteiger charge is 2.28. The van der Waals surface area contributed by atoms with Crippen molar-refractivity contribution in [2.24, 2.45) is 0 Å². The molecule has 0 aliphatic carbocycles. The molecule has 0 spiro atoms. The molecule has 0 atom stereocenters. The van der Waals surface area contributed by atoms with Crippen LogP contribution in [0.25, 0.3) is 6.08 Å². The van der Waals surface area contributed by atoms with Crippen molar-refractivity contribution in [2.75, 3.05) is 18.4 Å². The summed E-state index contributed by atoms with van der Waals surface area (Å²) >= 11 is 13.3. The van der Waals surface area contributed by atoms with Crippen LogP contribution in [0.5, 0.6) is 0 Å². The lowest BCUT2D eigenvalue weighted by Gasteiger charge is -2.18. The zero-order chi connectivity index (χ0) is 24.0. The first-order chi connectivity index (χ1) is 15.1. The summed E-state index contributed by atoms with van der Waals surface area (Å²) in [5, 5.41) is 3.76. The average Bonchev–Trinajstić information content (AvgIpc) is 3.03. The largest absolute Gasteiger partial charge is 0.459 e. The van der Waals surface area contributed by atoms with Crippen LogP contribution in [-0.4, -0.2) is 41.9 Å². The van der Waals surface area contributed by atoms with Crippen LogP contribution in [0, 0.1) is 6.92 Å². The highest BCUT2D eigenvalue weighted by molar-refractivity contribution is 7.18. The maximum absolute atomic E-state index is 12.9. The van der Waals surface area contributed by atoms with Crippen LogP contribution in [0.1, 0.15) is 58.9 Å². The second-order valence-electron chi connectivity index (χ2n) is 7.15. The van der Waals surface area contributed by atoms with Gasteiger partial charge in [0.25, 0.3) is 5.91 Å². The van der Waals surface area contributed by atoms with Gasteiger partial charge in [-0.2, -0.15) is 0 Å². The van der Waals surface area contributed by atoms with Crippen molar-refractivity contribution in [3.05, 3.63) is 55.9 Å². The number of rotatable bonds is 8. The number of carbonyl (C=O) groups is 3. The van der Waals surface area contributed by atoms with Gasteiger partial charge in [0.1, 0.15) is 5.00 Å². The number of hydrogen-bond acceptors (Lipinski definition) is 5. The summed E-state index contributed by atoms with van der Waals surface area (Å²) in [5.74, 6) is -1.29. The monoisotopic (exact) mass is 496 g/mol. The van der Waals surface area contributed by atoms with Gasteiger partial charge in [-0.1, -0.05) is 29.3 Å². The minimum Gasteiger partial charge on any atom is -0.459 e. The van der Waals surface area contributed by atoms with Crippen molar-refractivity contribution in [3.63, 3.8) is 0 Å². The molecule has 1 N–H and O–H groups in total. The Morgan fingerprint density at radius 2 is 1.75 bits per heavy atom. The van der Waals surface area contributed by atoms with E-state index in [1.54, 1.807) is 43.9 Å². The van der Waals surface area contributed by atoms with E-state index in [-0.39, 0.29) is 22.6 Å². The number of esters is 1. The molecule has 1 aromatic carbocycles. The van der Waals surface area contributed by atoms with E-state index < -0.39 is 11.9 Å².